The summed E-state index contributed by atoms with van der Waals surface area (Å²) in [5.41, 5.74) is 1.88. The second kappa shape index (κ2) is 6.53. The van der Waals surface area contributed by atoms with E-state index >= 15 is 0 Å². The van der Waals surface area contributed by atoms with E-state index in [0.29, 0.717) is 11.5 Å². The molecule has 0 unspecified atom stereocenters. The molecule has 2 heterocycles. The monoisotopic (exact) mass is 312 g/mol. The summed E-state index contributed by atoms with van der Waals surface area (Å²) < 4.78 is 0. The molecule has 0 saturated carbocycles. The molecule has 1 aliphatic rings. The first-order valence-corrected chi connectivity index (χ1v) is 8.64. The fourth-order valence-electron chi connectivity index (χ4n) is 2.97. The molecule has 2 atom stereocenters. The van der Waals surface area contributed by atoms with Crippen LogP contribution in [0, 0.1) is 5.92 Å². The molecule has 1 aliphatic heterocycles. The lowest BCUT2D eigenvalue weighted by Gasteiger charge is -2.47. The van der Waals surface area contributed by atoms with Gasteiger partial charge < -0.3 is 4.90 Å². The maximum absolute atomic E-state index is 12.7. The van der Waals surface area contributed by atoms with E-state index in [1.165, 1.54) is 5.56 Å². The zero-order chi connectivity index (χ0) is 15.5. The molecule has 4 heteroatoms. The first-order valence-electron chi connectivity index (χ1n) is 7.65. The lowest BCUT2D eigenvalue weighted by Crippen LogP contribution is -2.51. The number of hydrogen-bond acceptors (Lipinski definition) is 3. The van der Waals surface area contributed by atoms with Crippen LogP contribution in [0.5, 0.6) is 0 Å². The van der Waals surface area contributed by atoms with Gasteiger partial charge in [-0.2, -0.15) is 0 Å². The Labute approximate surface area is 135 Å². The molecular formula is C18H20N2OS. The van der Waals surface area contributed by atoms with Crippen LogP contribution < -0.4 is 0 Å². The molecular weight excluding hydrogens is 292 g/mol. The van der Waals surface area contributed by atoms with Gasteiger partial charge in [-0.15, -0.1) is 11.8 Å². The van der Waals surface area contributed by atoms with Gasteiger partial charge in [-0.05, 0) is 29.4 Å². The molecule has 0 bridgehead atoms. The summed E-state index contributed by atoms with van der Waals surface area (Å²) >= 11 is 1.69. The van der Waals surface area contributed by atoms with Gasteiger partial charge in [-0.1, -0.05) is 44.2 Å². The largest absolute Gasteiger partial charge is 0.331 e. The van der Waals surface area contributed by atoms with Crippen molar-refractivity contribution in [1.82, 2.24) is 9.88 Å². The first kappa shape index (κ1) is 15.1. The number of carbonyl (C=O) groups is 1. The summed E-state index contributed by atoms with van der Waals surface area (Å²) in [6.07, 6.45) is 1.70. The predicted molar refractivity (Wildman–Crippen MR) is 90.0 cm³/mol. The summed E-state index contributed by atoms with van der Waals surface area (Å²) in [5, 5.41) is 0.968. The lowest BCUT2D eigenvalue weighted by atomic mass is 9.84. The average Bonchev–Trinajstić information content (AvgIpc) is 2.54. The summed E-state index contributed by atoms with van der Waals surface area (Å²) in [6.45, 7) is 5.10. The Morgan fingerprint density at radius 2 is 2.05 bits per heavy atom. The van der Waals surface area contributed by atoms with Crippen LogP contribution in [0.2, 0.25) is 0 Å². The van der Waals surface area contributed by atoms with Crippen molar-refractivity contribution in [2.45, 2.75) is 24.9 Å². The lowest BCUT2D eigenvalue weighted by molar-refractivity contribution is 0.0197. The standard InChI is InChI=1S/C18H20N2OS/c1-3-22-16-10-9-15(11-19-16)18(21)20-12-13(2)17(20)14-7-5-4-6-8-14/h4-11,13,17H,3,12H2,1-2H3/t13-,17+/m0/s1. The summed E-state index contributed by atoms with van der Waals surface area (Å²) in [4.78, 5) is 19.0. The van der Waals surface area contributed by atoms with Crippen LogP contribution in [0.3, 0.4) is 0 Å². The number of likely N-dealkylation sites (tertiary alicyclic amines) is 1. The quantitative estimate of drug-likeness (QED) is 0.799. The molecule has 0 spiro atoms. The Hall–Kier alpha value is -1.81. The van der Waals surface area contributed by atoms with Gasteiger partial charge >= 0.3 is 0 Å². The van der Waals surface area contributed by atoms with Crippen LogP contribution in [0.15, 0.2) is 53.7 Å². The Morgan fingerprint density at radius 3 is 2.64 bits per heavy atom. The van der Waals surface area contributed by atoms with Gasteiger partial charge in [0, 0.05) is 12.7 Å². The minimum Gasteiger partial charge on any atom is -0.331 e. The van der Waals surface area contributed by atoms with Crippen LogP contribution in [0.1, 0.15) is 35.8 Å². The van der Waals surface area contributed by atoms with E-state index in [0.717, 1.165) is 17.3 Å². The number of hydrogen-bond donors (Lipinski definition) is 0. The second-order valence-corrected chi connectivity index (χ2v) is 6.89. The van der Waals surface area contributed by atoms with Gasteiger partial charge in [-0.3, -0.25) is 4.79 Å². The molecule has 1 amide bonds. The first-order chi connectivity index (χ1) is 10.7. The summed E-state index contributed by atoms with van der Waals surface area (Å²) in [5.74, 6) is 1.56. The number of amides is 1. The van der Waals surface area contributed by atoms with Crippen LogP contribution in [-0.4, -0.2) is 28.1 Å². The molecule has 2 aromatic rings. The molecule has 1 saturated heterocycles. The van der Waals surface area contributed by atoms with Crippen molar-refractivity contribution in [3.05, 3.63) is 59.8 Å². The molecule has 0 aliphatic carbocycles. The topological polar surface area (TPSA) is 33.2 Å². The third-order valence-electron chi connectivity index (χ3n) is 4.04. The maximum atomic E-state index is 12.7. The van der Waals surface area contributed by atoms with Gasteiger partial charge in [0.25, 0.3) is 5.91 Å². The van der Waals surface area contributed by atoms with Gasteiger partial charge in [0.2, 0.25) is 0 Å². The van der Waals surface area contributed by atoms with Gasteiger partial charge in [0.05, 0.1) is 16.6 Å². The molecule has 0 N–H and O–H groups in total. The Bertz CT molecular complexity index is 642. The number of nitrogens with zero attached hydrogens (tertiary/aromatic N) is 2. The van der Waals surface area contributed by atoms with Crippen molar-refractivity contribution < 1.29 is 4.79 Å². The van der Waals surface area contributed by atoms with Crippen LogP contribution in [0.4, 0.5) is 0 Å². The van der Waals surface area contributed by atoms with Crippen molar-refractivity contribution in [3.63, 3.8) is 0 Å². The third-order valence-corrected chi connectivity index (χ3v) is 4.86. The highest BCUT2D eigenvalue weighted by atomic mass is 32.2. The molecule has 3 nitrogen and oxygen atoms in total. The number of thioether (sulfide) groups is 1. The normalized spacial score (nSPS) is 20.5. The Balaban J connectivity index is 1.77. The SMILES string of the molecule is CCSc1ccc(C(=O)N2C[C@H](C)[C@@H]2c2ccccc2)cn1. The fourth-order valence-corrected chi connectivity index (χ4v) is 3.55. The van der Waals surface area contributed by atoms with Gasteiger partial charge in [0.15, 0.2) is 0 Å². The zero-order valence-corrected chi connectivity index (χ0v) is 13.7. The van der Waals surface area contributed by atoms with E-state index in [-0.39, 0.29) is 11.9 Å². The molecule has 3 rings (SSSR count). The van der Waals surface area contributed by atoms with Crippen molar-refractivity contribution >= 4 is 17.7 Å². The molecule has 0 radical (unpaired) electrons. The highest BCUT2D eigenvalue weighted by molar-refractivity contribution is 7.99. The van der Waals surface area contributed by atoms with E-state index < -0.39 is 0 Å². The Kier molecular flexibility index (Phi) is 4.48. The summed E-state index contributed by atoms with van der Waals surface area (Å²) in [6, 6.07) is 14.3. The van der Waals surface area contributed by atoms with Crippen molar-refractivity contribution in [1.29, 1.82) is 0 Å². The predicted octanol–water partition coefficient (Wildman–Crippen LogP) is 4.03. The number of carbonyl (C=O) groups excluding carboxylic acids is 1. The highest BCUT2D eigenvalue weighted by Crippen LogP contribution is 2.39. The van der Waals surface area contributed by atoms with Crippen LogP contribution in [0.25, 0.3) is 0 Å². The van der Waals surface area contributed by atoms with Crippen molar-refractivity contribution in [2.75, 3.05) is 12.3 Å². The number of benzene rings is 1. The zero-order valence-electron chi connectivity index (χ0n) is 12.9. The van der Waals surface area contributed by atoms with E-state index in [2.05, 4.69) is 31.0 Å². The highest BCUT2D eigenvalue weighted by Gasteiger charge is 2.40. The maximum Gasteiger partial charge on any atom is 0.255 e. The van der Waals surface area contributed by atoms with E-state index in [4.69, 9.17) is 0 Å². The van der Waals surface area contributed by atoms with Crippen molar-refractivity contribution in [2.24, 2.45) is 5.92 Å². The molecule has 22 heavy (non-hydrogen) atoms. The van der Waals surface area contributed by atoms with Gasteiger partial charge in [0.1, 0.15) is 0 Å². The van der Waals surface area contributed by atoms with Gasteiger partial charge in [-0.25, -0.2) is 4.98 Å². The number of aromatic nitrogens is 1. The van der Waals surface area contributed by atoms with E-state index in [1.807, 2.05) is 35.2 Å². The molecule has 114 valence electrons. The minimum atomic E-state index is 0.0764. The smallest absolute Gasteiger partial charge is 0.255 e. The van der Waals surface area contributed by atoms with Crippen LogP contribution >= 0.6 is 11.8 Å². The van der Waals surface area contributed by atoms with E-state index in [9.17, 15) is 4.79 Å². The fraction of sp³-hybridized carbons (Fsp3) is 0.333. The number of pyridine rings is 1. The van der Waals surface area contributed by atoms with Crippen LogP contribution in [-0.2, 0) is 0 Å². The molecule has 1 aromatic heterocycles. The second-order valence-electron chi connectivity index (χ2n) is 5.61. The summed E-state index contributed by atoms with van der Waals surface area (Å²) in [7, 11) is 0. The third kappa shape index (κ3) is 2.88. The van der Waals surface area contributed by atoms with E-state index in [1.54, 1.807) is 18.0 Å². The molecule has 1 fully saturated rings. The Morgan fingerprint density at radius 1 is 1.27 bits per heavy atom. The van der Waals surface area contributed by atoms with Crippen molar-refractivity contribution in [3.8, 4) is 0 Å². The minimum absolute atomic E-state index is 0.0764. The number of rotatable bonds is 4. The average molecular weight is 312 g/mol. The molecule has 1 aromatic carbocycles.